The van der Waals surface area contributed by atoms with Gasteiger partial charge in [-0.25, -0.2) is 5.48 Å². The van der Waals surface area contributed by atoms with Crippen LogP contribution in [-0.4, -0.2) is 35.5 Å². The summed E-state index contributed by atoms with van der Waals surface area (Å²) in [7, 11) is 0. The average molecular weight is 410 g/mol. The fourth-order valence-electron chi connectivity index (χ4n) is 2.32. The van der Waals surface area contributed by atoms with Crippen LogP contribution in [-0.2, 0) is 9.59 Å². The van der Waals surface area contributed by atoms with Gasteiger partial charge in [0.05, 0.1) is 0 Å². The summed E-state index contributed by atoms with van der Waals surface area (Å²) in [6.45, 7) is 1.62. The molecule has 0 saturated carbocycles. The van der Waals surface area contributed by atoms with E-state index < -0.39 is 17.9 Å². The van der Waals surface area contributed by atoms with Gasteiger partial charge in [-0.2, -0.15) is 0 Å². The molecule has 0 spiro atoms. The van der Waals surface area contributed by atoms with E-state index in [0.29, 0.717) is 23.2 Å². The largest absolute Gasteiger partial charge is 0.339 e. The van der Waals surface area contributed by atoms with E-state index >= 15 is 0 Å². The van der Waals surface area contributed by atoms with E-state index in [1.807, 2.05) is 6.07 Å². The molecule has 0 aliphatic rings. The third-order valence-corrected chi connectivity index (χ3v) is 3.93. The van der Waals surface area contributed by atoms with Gasteiger partial charge in [0, 0.05) is 35.3 Å². The van der Waals surface area contributed by atoms with Crippen molar-refractivity contribution in [2.75, 3.05) is 11.9 Å². The van der Waals surface area contributed by atoms with Crippen LogP contribution in [0.3, 0.4) is 0 Å². The molecule has 0 radical (unpaired) electrons. The highest BCUT2D eigenvalue weighted by molar-refractivity contribution is 5.97. The van der Waals surface area contributed by atoms with E-state index in [4.69, 9.17) is 10.9 Å². The Hall–Kier alpha value is -3.67. The van der Waals surface area contributed by atoms with Crippen LogP contribution in [0.4, 0.5) is 5.69 Å². The number of hydrogen-bond donors (Lipinski definition) is 5. The van der Waals surface area contributed by atoms with Crippen LogP contribution in [0.25, 0.3) is 0 Å². The molecule has 0 unspecified atom stereocenters. The van der Waals surface area contributed by atoms with Crippen LogP contribution >= 0.6 is 0 Å². The molecule has 0 fully saturated rings. The van der Waals surface area contributed by atoms with Crippen molar-refractivity contribution in [3.63, 3.8) is 0 Å². The molecule has 8 heteroatoms. The molecule has 8 nitrogen and oxygen atoms in total. The first-order valence-electron chi connectivity index (χ1n) is 8.93. The molecule has 0 aliphatic carbocycles. The first kappa shape index (κ1) is 24.4. The Labute approximate surface area is 175 Å². The molecule has 0 heterocycles. The minimum atomic E-state index is -1.03. The zero-order chi connectivity index (χ0) is 21.2. The number of benzene rings is 2. The van der Waals surface area contributed by atoms with Crippen LogP contribution in [0.2, 0.25) is 0 Å². The standard InChI is InChI=1S/C21H22N4O4.CH4/c1-2-19(26)23-17-5-3-4-15(12-17)7-6-14-8-10-16(11-9-14)20(27)24-18(13-22)21(28)25-29;/h3-5,8-12,18,29H,2,13,22H2,1H3,(H,23,26)(H,24,27)(H,25,28);1H4/t18-;/m0./s1. The maximum absolute atomic E-state index is 12.2. The van der Waals surface area contributed by atoms with Gasteiger partial charge in [-0.1, -0.05) is 32.3 Å². The fourth-order valence-corrected chi connectivity index (χ4v) is 2.32. The smallest absolute Gasteiger partial charge is 0.267 e. The van der Waals surface area contributed by atoms with Crippen molar-refractivity contribution in [3.8, 4) is 11.8 Å². The Kier molecular flexibility index (Phi) is 9.76. The maximum atomic E-state index is 12.2. The van der Waals surface area contributed by atoms with Gasteiger partial charge in [-0.05, 0) is 42.5 Å². The molecule has 0 bridgehead atoms. The molecule has 3 amide bonds. The minimum Gasteiger partial charge on any atom is -0.339 e. The summed E-state index contributed by atoms with van der Waals surface area (Å²) >= 11 is 0. The molecule has 2 rings (SSSR count). The molecule has 0 saturated heterocycles. The number of rotatable bonds is 6. The van der Waals surface area contributed by atoms with Crippen molar-refractivity contribution in [3.05, 3.63) is 65.2 Å². The highest BCUT2D eigenvalue weighted by atomic mass is 16.5. The summed E-state index contributed by atoms with van der Waals surface area (Å²) in [6.07, 6.45) is 0.395. The van der Waals surface area contributed by atoms with Crippen LogP contribution in [0.1, 0.15) is 42.3 Å². The number of carbonyl (C=O) groups is 3. The molecule has 2 aromatic rings. The number of anilines is 1. The van der Waals surface area contributed by atoms with Crippen LogP contribution < -0.4 is 21.8 Å². The third-order valence-electron chi connectivity index (χ3n) is 3.93. The fraction of sp³-hybridized carbons (Fsp3) is 0.227. The molecule has 1 atom stereocenters. The van der Waals surface area contributed by atoms with E-state index in [0.717, 1.165) is 5.56 Å². The van der Waals surface area contributed by atoms with E-state index in [1.165, 1.54) is 5.48 Å². The monoisotopic (exact) mass is 410 g/mol. The lowest BCUT2D eigenvalue weighted by molar-refractivity contribution is -0.130. The van der Waals surface area contributed by atoms with Crippen molar-refractivity contribution in [1.29, 1.82) is 0 Å². The van der Waals surface area contributed by atoms with Crippen molar-refractivity contribution >= 4 is 23.4 Å². The lowest BCUT2D eigenvalue weighted by Crippen LogP contribution is -2.50. The number of hydroxylamine groups is 1. The van der Waals surface area contributed by atoms with Gasteiger partial charge in [-0.3, -0.25) is 19.6 Å². The Morgan fingerprint density at radius 3 is 2.33 bits per heavy atom. The predicted octanol–water partition coefficient (Wildman–Crippen LogP) is 1.63. The second-order valence-electron chi connectivity index (χ2n) is 6.05. The zero-order valence-electron chi connectivity index (χ0n) is 15.9. The summed E-state index contributed by atoms with van der Waals surface area (Å²) < 4.78 is 0. The Balaban J connectivity index is 0.00000450. The Bertz CT molecular complexity index is 946. The van der Waals surface area contributed by atoms with Crippen molar-refractivity contribution in [2.45, 2.75) is 26.8 Å². The second-order valence-corrected chi connectivity index (χ2v) is 6.05. The van der Waals surface area contributed by atoms with Crippen molar-refractivity contribution < 1.29 is 19.6 Å². The SMILES string of the molecule is C.CCC(=O)Nc1cccc(C#Cc2ccc(C(=O)N[C@@H](CN)C(=O)NO)cc2)c1. The predicted molar refractivity (Wildman–Crippen MR) is 115 cm³/mol. The van der Waals surface area contributed by atoms with Gasteiger partial charge < -0.3 is 16.4 Å². The lowest BCUT2D eigenvalue weighted by atomic mass is 10.1. The summed E-state index contributed by atoms with van der Waals surface area (Å²) in [5, 5.41) is 13.8. The quantitative estimate of drug-likeness (QED) is 0.280. The second kappa shape index (κ2) is 12.0. The Morgan fingerprint density at radius 2 is 1.73 bits per heavy atom. The van der Waals surface area contributed by atoms with E-state index in [-0.39, 0.29) is 19.9 Å². The van der Waals surface area contributed by atoms with Gasteiger partial charge in [0.25, 0.3) is 11.8 Å². The molecular formula is C22H26N4O4. The molecule has 158 valence electrons. The zero-order valence-corrected chi connectivity index (χ0v) is 15.9. The lowest BCUT2D eigenvalue weighted by Gasteiger charge is -2.14. The average Bonchev–Trinajstić information content (AvgIpc) is 2.75. The topological polar surface area (TPSA) is 134 Å². The number of nitrogens with two attached hydrogens (primary N) is 1. The first-order chi connectivity index (χ1) is 14.0. The van der Waals surface area contributed by atoms with E-state index in [1.54, 1.807) is 49.4 Å². The molecule has 30 heavy (non-hydrogen) atoms. The molecular weight excluding hydrogens is 384 g/mol. The first-order valence-corrected chi connectivity index (χ1v) is 8.93. The van der Waals surface area contributed by atoms with Crippen LogP contribution in [0, 0.1) is 11.8 Å². The van der Waals surface area contributed by atoms with E-state index in [9.17, 15) is 14.4 Å². The molecule has 0 aliphatic heterocycles. The van der Waals surface area contributed by atoms with Gasteiger partial charge in [0.15, 0.2) is 0 Å². The van der Waals surface area contributed by atoms with Crippen molar-refractivity contribution in [2.24, 2.45) is 5.73 Å². The van der Waals surface area contributed by atoms with Gasteiger partial charge in [0.2, 0.25) is 5.91 Å². The highest BCUT2D eigenvalue weighted by Crippen LogP contribution is 2.11. The van der Waals surface area contributed by atoms with Gasteiger partial charge in [-0.15, -0.1) is 0 Å². The van der Waals surface area contributed by atoms with Gasteiger partial charge >= 0.3 is 0 Å². The molecule has 2 aromatic carbocycles. The molecule has 0 aromatic heterocycles. The van der Waals surface area contributed by atoms with Crippen LogP contribution in [0.5, 0.6) is 0 Å². The van der Waals surface area contributed by atoms with Gasteiger partial charge in [0.1, 0.15) is 6.04 Å². The van der Waals surface area contributed by atoms with E-state index in [2.05, 4.69) is 22.5 Å². The summed E-state index contributed by atoms with van der Waals surface area (Å²) in [5.41, 5.74) is 9.29. The normalized spacial score (nSPS) is 10.5. The van der Waals surface area contributed by atoms with Crippen molar-refractivity contribution in [1.82, 2.24) is 10.8 Å². The summed E-state index contributed by atoms with van der Waals surface area (Å²) in [5.74, 6) is 4.64. The highest BCUT2D eigenvalue weighted by Gasteiger charge is 2.19. The number of hydrogen-bond acceptors (Lipinski definition) is 5. The minimum absolute atomic E-state index is 0. The Morgan fingerprint density at radius 1 is 1.07 bits per heavy atom. The number of amides is 3. The number of carbonyl (C=O) groups excluding carboxylic acids is 3. The summed E-state index contributed by atoms with van der Waals surface area (Å²) in [6, 6.07) is 12.7. The number of nitrogens with one attached hydrogen (secondary N) is 3. The van der Waals surface area contributed by atoms with Crippen LogP contribution in [0.15, 0.2) is 48.5 Å². The third kappa shape index (κ3) is 7.05. The summed E-state index contributed by atoms with van der Waals surface area (Å²) in [4.78, 5) is 35.0. The maximum Gasteiger partial charge on any atom is 0.267 e. The molecule has 6 N–H and O–H groups in total.